The lowest BCUT2D eigenvalue weighted by Crippen LogP contribution is -2.71. The van der Waals surface area contributed by atoms with Crippen molar-refractivity contribution in [2.75, 3.05) is 11.5 Å². The smallest absolute Gasteiger partial charge is 0.356 e. The summed E-state index contributed by atoms with van der Waals surface area (Å²) < 4.78 is 6.04. The normalized spacial score (nSPS) is 18.2. The minimum atomic E-state index is -0.991. The molecule has 1 unspecified atom stereocenters. The van der Waals surface area contributed by atoms with E-state index in [0.717, 1.165) is 29.4 Å². The number of hydrogen-bond donors (Lipinski definition) is 2. The molecular weight excluding hydrogens is 578 g/mol. The number of aromatic nitrogens is 1. The van der Waals surface area contributed by atoms with Gasteiger partial charge >= 0.3 is 11.9 Å². The van der Waals surface area contributed by atoms with E-state index in [2.05, 4.69) is 26.9 Å². The third-order valence-electron chi connectivity index (χ3n) is 6.40. The number of fused-ring (bicyclic) bond motifs is 1. The van der Waals surface area contributed by atoms with Crippen LogP contribution in [-0.2, 0) is 28.8 Å². The summed E-state index contributed by atoms with van der Waals surface area (Å²) in [5, 5.41) is 7.31. The molecule has 1 saturated heterocycles. The van der Waals surface area contributed by atoms with Gasteiger partial charge in [0.05, 0.1) is 0 Å². The van der Waals surface area contributed by atoms with Crippen molar-refractivity contribution in [1.29, 1.82) is 0 Å². The number of nitrogen functional groups attached to an aromatic ring is 1. The first-order valence-electron chi connectivity index (χ1n) is 12.7. The summed E-state index contributed by atoms with van der Waals surface area (Å²) in [6.07, 6.45) is 0.805. The summed E-state index contributed by atoms with van der Waals surface area (Å²) in [4.78, 5) is 61.7. The van der Waals surface area contributed by atoms with Crippen LogP contribution in [0.4, 0.5) is 5.13 Å². The van der Waals surface area contributed by atoms with Gasteiger partial charge in [-0.2, -0.15) is 0 Å². The van der Waals surface area contributed by atoms with Gasteiger partial charge in [0.15, 0.2) is 16.9 Å². The fraction of sp³-hybridized carbons (Fsp3) is 0.172. The number of β-lactam (4-membered cyclic amide) rings is 1. The molecule has 214 valence electrons. The molecule has 2 atom stereocenters. The predicted octanol–water partition coefficient (Wildman–Crippen LogP) is 3.17. The number of nitrogens with two attached hydrogens (primary N) is 1. The molecule has 3 N–H and O–H groups in total. The van der Waals surface area contributed by atoms with E-state index in [1.165, 1.54) is 28.1 Å². The molecule has 11 nitrogen and oxygen atoms in total. The monoisotopic (exact) mass is 603 g/mol. The Morgan fingerprint density at radius 2 is 1.79 bits per heavy atom. The Morgan fingerprint density at radius 1 is 1.14 bits per heavy atom. The van der Waals surface area contributed by atoms with Gasteiger partial charge in [0.2, 0.25) is 0 Å². The molecule has 2 aromatic carbocycles. The van der Waals surface area contributed by atoms with Gasteiger partial charge in [-0.1, -0.05) is 78.5 Å². The maximum Gasteiger partial charge on any atom is 0.356 e. The highest BCUT2D eigenvalue weighted by atomic mass is 32.2. The standard InChI is InChI=1S/C29H25N5O6S2/c1-3-17-14-41-27-22(32-25(36)21(33-40-16(2)35)20-15-42-29(30)31-20)26(37)34(27)23(17)28(38)39-24(18-10-6-4-7-11-18)19-12-8-5-9-13-19/h3-13,15,22,24,27H,1,14H2,2H3,(H2,30,31)(H,32,36)/t22?,27-/m1/s1. The van der Waals surface area contributed by atoms with Crippen LogP contribution < -0.4 is 11.1 Å². The lowest BCUT2D eigenvalue weighted by atomic mass is 10.0. The van der Waals surface area contributed by atoms with Crippen LogP contribution in [0.1, 0.15) is 29.8 Å². The van der Waals surface area contributed by atoms with Crippen molar-refractivity contribution in [1.82, 2.24) is 15.2 Å². The van der Waals surface area contributed by atoms with Gasteiger partial charge in [0.1, 0.15) is 22.8 Å². The number of allylic oxidation sites excluding steroid dienone is 1. The Balaban J connectivity index is 1.38. The second kappa shape index (κ2) is 12.4. The molecule has 2 aliphatic rings. The number of thioether (sulfide) groups is 1. The van der Waals surface area contributed by atoms with Crippen molar-refractivity contribution in [2.45, 2.75) is 24.4 Å². The Labute approximate surface area is 249 Å². The van der Waals surface area contributed by atoms with Gasteiger partial charge in [0.25, 0.3) is 11.8 Å². The molecule has 13 heteroatoms. The van der Waals surface area contributed by atoms with E-state index in [-0.39, 0.29) is 22.2 Å². The van der Waals surface area contributed by atoms with Gasteiger partial charge in [-0.3, -0.25) is 14.5 Å². The van der Waals surface area contributed by atoms with Crippen molar-refractivity contribution >= 4 is 57.7 Å². The fourth-order valence-electron chi connectivity index (χ4n) is 4.46. The van der Waals surface area contributed by atoms with Crippen LogP contribution in [0.5, 0.6) is 0 Å². The quantitative estimate of drug-likeness (QED) is 0.123. The van der Waals surface area contributed by atoms with E-state index in [9.17, 15) is 19.2 Å². The second-order valence-electron chi connectivity index (χ2n) is 9.14. The summed E-state index contributed by atoms with van der Waals surface area (Å²) in [6, 6.07) is 17.6. The zero-order valence-electron chi connectivity index (χ0n) is 22.3. The van der Waals surface area contributed by atoms with E-state index in [4.69, 9.17) is 10.5 Å². The molecule has 1 fully saturated rings. The van der Waals surface area contributed by atoms with Crippen LogP contribution in [0, 0.1) is 0 Å². The van der Waals surface area contributed by atoms with E-state index in [1.54, 1.807) is 0 Å². The number of carbonyl (C=O) groups excluding carboxylic acids is 4. The number of amides is 2. The first kappa shape index (κ1) is 28.8. The summed E-state index contributed by atoms with van der Waals surface area (Å²) in [6.45, 7) is 4.95. The molecule has 0 radical (unpaired) electrons. The third-order valence-corrected chi connectivity index (χ3v) is 8.37. The highest BCUT2D eigenvalue weighted by molar-refractivity contribution is 8.00. The third kappa shape index (κ3) is 5.83. The topological polar surface area (TPSA) is 153 Å². The SMILES string of the molecule is C=CC1=C(C(=O)OC(c2ccccc2)c2ccccc2)N2C(=O)C(NC(=O)C(=NOC(C)=O)c3csc(N)n3)[C@H]2SC1. The number of esters is 1. The van der Waals surface area contributed by atoms with E-state index in [0.29, 0.717) is 11.3 Å². The van der Waals surface area contributed by atoms with Crippen molar-refractivity contribution in [3.63, 3.8) is 0 Å². The molecule has 3 heterocycles. The summed E-state index contributed by atoms with van der Waals surface area (Å²) in [5.74, 6) is -2.40. The molecule has 42 heavy (non-hydrogen) atoms. The summed E-state index contributed by atoms with van der Waals surface area (Å²) in [5.41, 5.74) is 7.60. The molecule has 0 spiro atoms. The molecule has 5 rings (SSSR count). The summed E-state index contributed by atoms with van der Waals surface area (Å²) in [7, 11) is 0. The van der Waals surface area contributed by atoms with Gasteiger partial charge < -0.3 is 20.6 Å². The van der Waals surface area contributed by atoms with Gasteiger partial charge in [-0.05, 0) is 16.7 Å². The number of nitrogens with zero attached hydrogens (tertiary/aromatic N) is 3. The number of nitrogens with one attached hydrogen (secondary N) is 1. The molecule has 0 bridgehead atoms. The van der Waals surface area contributed by atoms with Crippen molar-refractivity contribution in [2.24, 2.45) is 5.16 Å². The molecular formula is C29H25N5O6S2. The maximum atomic E-state index is 13.7. The largest absolute Gasteiger partial charge is 0.448 e. The second-order valence-corrected chi connectivity index (χ2v) is 11.1. The number of anilines is 1. The number of ether oxygens (including phenoxy) is 1. The fourth-order valence-corrected chi connectivity index (χ4v) is 6.34. The average molecular weight is 604 g/mol. The maximum absolute atomic E-state index is 13.7. The number of carbonyl (C=O) groups is 4. The first-order valence-corrected chi connectivity index (χ1v) is 14.6. The highest BCUT2D eigenvalue weighted by Gasteiger charge is 2.54. The number of thiazole rings is 1. The Hall–Kier alpha value is -4.75. The van der Waals surface area contributed by atoms with Crippen LogP contribution >= 0.6 is 23.1 Å². The molecule has 0 aliphatic carbocycles. The van der Waals surface area contributed by atoms with Crippen molar-refractivity contribution in [3.05, 3.63) is 107 Å². The lowest BCUT2D eigenvalue weighted by molar-refractivity contribution is -0.154. The van der Waals surface area contributed by atoms with E-state index < -0.39 is 41.3 Å². The lowest BCUT2D eigenvalue weighted by Gasteiger charge is -2.49. The van der Waals surface area contributed by atoms with Crippen LogP contribution in [0.2, 0.25) is 0 Å². The number of oxime groups is 1. The van der Waals surface area contributed by atoms with Crippen LogP contribution in [0.3, 0.4) is 0 Å². The van der Waals surface area contributed by atoms with Crippen LogP contribution in [-0.4, -0.2) is 56.5 Å². The zero-order valence-corrected chi connectivity index (χ0v) is 23.9. The van der Waals surface area contributed by atoms with Crippen LogP contribution in [0.25, 0.3) is 0 Å². The minimum absolute atomic E-state index is 0.0715. The van der Waals surface area contributed by atoms with Crippen molar-refractivity contribution < 1.29 is 28.8 Å². The van der Waals surface area contributed by atoms with E-state index in [1.807, 2.05) is 60.7 Å². The van der Waals surface area contributed by atoms with E-state index >= 15 is 0 Å². The number of benzene rings is 2. The van der Waals surface area contributed by atoms with Gasteiger partial charge in [-0.25, -0.2) is 14.6 Å². The van der Waals surface area contributed by atoms with Gasteiger partial charge in [-0.15, -0.1) is 23.1 Å². The Bertz CT molecular complexity index is 1570. The molecule has 3 aromatic rings. The summed E-state index contributed by atoms with van der Waals surface area (Å²) >= 11 is 2.43. The zero-order chi connectivity index (χ0) is 29.8. The number of hydrogen-bond acceptors (Lipinski definition) is 11. The molecule has 2 amide bonds. The molecule has 0 saturated carbocycles. The predicted molar refractivity (Wildman–Crippen MR) is 158 cm³/mol. The van der Waals surface area contributed by atoms with Crippen molar-refractivity contribution in [3.8, 4) is 0 Å². The molecule has 1 aromatic heterocycles. The van der Waals surface area contributed by atoms with Crippen LogP contribution in [0.15, 0.2) is 95.1 Å². The average Bonchev–Trinajstić information content (AvgIpc) is 3.43. The Morgan fingerprint density at radius 3 is 2.33 bits per heavy atom. The highest BCUT2D eigenvalue weighted by Crippen LogP contribution is 2.42. The first-order chi connectivity index (χ1) is 20.3. The Kier molecular flexibility index (Phi) is 8.50. The minimum Gasteiger partial charge on any atom is -0.448 e. The van der Waals surface area contributed by atoms with Gasteiger partial charge in [0, 0.05) is 18.1 Å². The number of rotatable bonds is 9. The molecule has 2 aliphatic heterocycles.